The average molecular weight is 531 g/mol. The van der Waals surface area contributed by atoms with Crippen LogP contribution in [-0.2, 0) is 28.5 Å². The number of ether oxygens (including phenoxy) is 5. The SMILES string of the molecule is C.C.C=C(C)C(=O)OCCOCOc1ccc(C(=O)OCCSCC(C)(C)C(=O)OC)c(C(=O)O)c1. The highest BCUT2D eigenvalue weighted by molar-refractivity contribution is 7.99. The lowest BCUT2D eigenvalue weighted by Crippen LogP contribution is -2.28. The summed E-state index contributed by atoms with van der Waals surface area (Å²) in [4.78, 5) is 46.8. The molecule has 36 heavy (non-hydrogen) atoms. The molecule has 1 N–H and O–H groups in total. The summed E-state index contributed by atoms with van der Waals surface area (Å²) in [5.74, 6) is -1.89. The first kappa shape index (κ1) is 35.1. The first-order valence-electron chi connectivity index (χ1n) is 10.2. The van der Waals surface area contributed by atoms with Crippen molar-refractivity contribution < 1.29 is 48.0 Å². The second kappa shape index (κ2) is 17.4. The first-order valence-corrected chi connectivity index (χ1v) is 11.4. The number of hydrogen-bond acceptors (Lipinski definition) is 10. The molecule has 0 saturated carbocycles. The molecule has 0 aliphatic heterocycles. The zero-order chi connectivity index (χ0) is 25.7. The zero-order valence-electron chi connectivity index (χ0n) is 19.7. The van der Waals surface area contributed by atoms with Crippen molar-refractivity contribution >= 4 is 35.6 Å². The summed E-state index contributed by atoms with van der Waals surface area (Å²) in [7, 11) is 1.32. The van der Waals surface area contributed by atoms with Gasteiger partial charge in [-0.2, -0.15) is 11.8 Å². The molecule has 0 fully saturated rings. The number of hydrogen-bond donors (Lipinski definition) is 1. The highest BCUT2D eigenvalue weighted by atomic mass is 32.2. The van der Waals surface area contributed by atoms with Crippen molar-refractivity contribution in [3.63, 3.8) is 0 Å². The third-order valence-electron chi connectivity index (χ3n) is 4.22. The van der Waals surface area contributed by atoms with E-state index in [0.717, 1.165) is 0 Å². The zero-order valence-corrected chi connectivity index (χ0v) is 20.5. The highest BCUT2D eigenvalue weighted by Crippen LogP contribution is 2.23. The topological polar surface area (TPSA) is 135 Å². The van der Waals surface area contributed by atoms with Crippen LogP contribution < -0.4 is 4.74 Å². The van der Waals surface area contributed by atoms with E-state index in [4.69, 9.17) is 23.7 Å². The lowest BCUT2D eigenvalue weighted by Gasteiger charge is -2.20. The van der Waals surface area contributed by atoms with Gasteiger partial charge in [0, 0.05) is 17.1 Å². The van der Waals surface area contributed by atoms with E-state index >= 15 is 0 Å². The molecule has 0 atom stereocenters. The summed E-state index contributed by atoms with van der Waals surface area (Å²) >= 11 is 1.41. The maximum Gasteiger partial charge on any atom is 0.339 e. The molecule has 1 aromatic rings. The Morgan fingerprint density at radius 2 is 1.69 bits per heavy atom. The van der Waals surface area contributed by atoms with Gasteiger partial charge < -0.3 is 28.8 Å². The van der Waals surface area contributed by atoms with Crippen LogP contribution in [0.4, 0.5) is 0 Å². The number of methoxy groups -OCH3 is 1. The molecule has 0 spiro atoms. The molecule has 0 aromatic heterocycles. The molecule has 0 aliphatic rings. The summed E-state index contributed by atoms with van der Waals surface area (Å²) in [6.45, 7) is 8.41. The standard InChI is InChI=1S/C23H30O10S.2CH4/c1-15(2)20(26)31-9-8-30-14-33-16-6-7-17(18(12-16)19(24)25)21(27)32-10-11-34-13-23(3,4)22(28)29-5;;/h6-7,12H,1,8-11,13-14H2,2-5H3,(H,24,25);2*1H4. The monoisotopic (exact) mass is 530 g/mol. The molecule has 0 saturated heterocycles. The molecule has 0 heterocycles. The third-order valence-corrected chi connectivity index (χ3v) is 5.60. The predicted molar refractivity (Wildman–Crippen MR) is 137 cm³/mol. The number of carbonyl (C=O) groups is 4. The van der Waals surface area contributed by atoms with Crippen LogP contribution in [0.15, 0.2) is 30.4 Å². The number of esters is 3. The molecule has 11 heteroatoms. The van der Waals surface area contributed by atoms with Crippen LogP contribution in [0, 0.1) is 5.41 Å². The Morgan fingerprint density at radius 1 is 1.03 bits per heavy atom. The van der Waals surface area contributed by atoms with E-state index in [2.05, 4.69) is 6.58 Å². The number of aromatic carboxylic acids is 1. The smallest absolute Gasteiger partial charge is 0.339 e. The van der Waals surface area contributed by atoms with Crippen molar-refractivity contribution in [1.82, 2.24) is 0 Å². The maximum absolute atomic E-state index is 12.3. The number of carboxylic acid groups (broad SMARTS) is 1. The predicted octanol–water partition coefficient (Wildman–Crippen LogP) is 4.22. The van der Waals surface area contributed by atoms with Crippen molar-refractivity contribution in [3.8, 4) is 5.75 Å². The lowest BCUT2D eigenvalue weighted by molar-refractivity contribution is -0.149. The lowest BCUT2D eigenvalue weighted by atomic mass is 9.97. The minimum atomic E-state index is -1.32. The Kier molecular flexibility index (Phi) is 17.0. The van der Waals surface area contributed by atoms with Gasteiger partial charge in [0.05, 0.1) is 30.3 Å². The Labute approximate surface area is 217 Å². The van der Waals surface area contributed by atoms with Crippen molar-refractivity contribution in [1.29, 1.82) is 0 Å². The molecule has 0 bridgehead atoms. The average Bonchev–Trinajstić information content (AvgIpc) is 2.79. The van der Waals surface area contributed by atoms with E-state index in [9.17, 15) is 24.3 Å². The van der Waals surface area contributed by atoms with E-state index in [0.29, 0.717) is 11.5 Å². The summed E-state index contributed by atoms with van der Waals surface area (Å²) < 4.78 is 25.3. The van der Waals surface area contributed by atoms with Gasteiger partial charge in [-0.25, -0.2) is 14.4 Å². The van der Waals surface area contributed by atoms with E-state index < -0.39 is 23.3 Å². The quantitative estimate of drug-likeness (QED) is 0.115. The van der Waals surface area contributed by atoms with Crippen LogP contribution in [0.25, 0.3) is 0 Å². The van der Waals surface area contributed by atoms with Crippen LogP contribution in [0.1, 0.15) is 56.3 Å². The van der Waals surface area contributed by atoms with Gasteiger partial charge >= 0.3 is 23.9 Å². The van der Waals surface area contributed by atoms with Gasteiger partial charge in [-0.05, 0) is 39.0 Å². The molecular weight excluding hydrogens is 492 g/mol. The van der Waals surface area contributed by atoms with E-state index in [1.54, 1.807) is 13.8 Å². The van der Waals surface area contributed by atoms with Gasteiger partial charge in [-0.3, -0.25) is 4.79 Å². The van der Waals surface area contributed by atoms with Gasteiger partial charge in [0.1, 0.15) is 19.0 Å². The molecular formula is C25H38O10S. The van der Waals surface area contributed by atoms with Crippen LogP contribution in [-0.4, -0.2) is 74.2 Å². The van der Waals surface area contributed by atoms with E-state index in [-0.39, 0.29) is 69.9 Å². The number of carboxylic acids is 1. The number of carbonyl (C=O) groups excluding carboxylic acids is 3. The fourth-order valence-electron chi connectivity index (χ4n) is 2.39. The van der Waals surface area contributed by atoms with Crippen molar-refractivity contribution in [3.05, 3.63) is 41.5 Å². The minimum absolute atomic E-state index is 0. The van der Waals surface area contributed by atoms with Gasteiger partial charge in [-0.1, -0.05) is 21.4 Å². The summed E-state index contributed by atoms with van der Waals surface area (Å²) in [5, 5.41) is 9.45. The van der Waals surface area contributed by atoms with Crippen LogP contribution in [0.3, 0.4) is 0 Å². The fourth-order valence-corrected chi connectivity index (χ4v) is 3.36. The van der Waals surface area contributed by atoms with Crippen LogP contribution >= 0.6 is 11.8 Å². The van der Waals surface area contributed by atoms with Gasteiger partial charge in [0.25, 0.3) is 0 Å². The van der Waals surface area contributed by atoms with E-state index in [1.165, 1.54) is 44.0 Å². The summed E-state index contributed by atoms with van der Waals surface area (Å²) in [6.07, 6.45) is 0. The number of rotatable bonds is 15. The molecule has 0 unspecified atom stereocenters. The molecule has 1 aromatic carbocycles. The van der Waals surface area contributed by atoms with Crippen LogP contribution in [0.5, 0.6) is 5.75 Å². The first-order chi connectivity index (χ1) is 16.0. The van der Waals surface area contributed by atoms with E-state index in [1.807, 2.05) is 0 Å². The molecule has 204 valence electrons. The van der Waals surface area contributed by atoms with Gasteiger partial charge in [-0.15, -0.1) is 0 Å². The fraction of sp³-hybridized carbons (Fsp3) is 0.520. The number of thioether (sulfide) groups is 1. The Hall–Kier alpha value is -3.05. The second-order valence-electron chi connectivity index (χ2n) is 7.66. The number of benzene rings is 1. The Balaban J connectivity index is 0. The molecule has 0 amide bonds. The summed E-state index contributed by atoms with van der Waals surface area (Å²) in [6, 6.07) is 3.90. The normalized spacial score (nSPS) is 10.2. The Bertz CT molecular complexity index is 895. The summed E-state index contributed by atoms with van der Waals surface area (Å²) in [5.41, 5.74) is -0.795. The maximum atomic E-state index is 12.3. The van der Waals surface area contributed by atoms with Crippen LogP contribution in [0.2, 0.25) is 0 Å². The van der Waals surface area contributed by atoms with Crippen molar-refractivity contribution in [2.24, 2.45) is 5.41 Å². The minimum Gasteiger partial charge on any atom is -0.478 e. The van der Waals surface area contributed by atoms with Crippen molar-refractivity contribution in [2.75, 3.05) is 45.2 Å². The molecule has 0 radical (unpaired) electrons. The molecule has 1 rings (SSSR count). The second-order valence-corrected chi connectivity index (χ2v) is 8.77. The van der Waals surface area contributed by atoms with Gasteiger partial charge in [0.2, 0.25) is 0 Å². The van der Waals surface area contributed by atoms with Crippen molar-refractivity contribution in [2.45, 2.75) is 35.6 Å². The Morgan fingerprint density at radius 3 is 2.28 bits per heavy atom. The molecule has 0 aliphatic carbocycles. The van der Waals surface area contributed by atoms with Gasteiger partial charge in [0.15, 0.2) is 6.79 Å². The molecule has 10 nitrogen and oxygen atoms in total. The highest BCUT2D eigenvalue weighted by Gasteiger charge is 2.28. The largest absolute Gasteiger partial charge is 0.478 e. The third kappa shape index (κ3) is 12.1.